The van der Waals surface area contributed by atoms with Gasteiger partial charge < -0.3 is 14.2 Å². The van der Waals surface area contributed by atoms with E-state index < -0.39 is 5.97 Å². The zero-order valence-electron chi connectivity index (χ0n) is 14.1. The summed E-state index contributed by atoms with van der Waals surface area (Å²) in [5, 5.41) is 0. The molecule has 132 valence electrons. The van der Waals surface area contributed by atoms with Crippen molar-refractivity contribution in [3.8, 4) is 5.75 Å². The highest BCUT2D eigenvalue weighted by Crippen LogP contribution is 2.13. The monoisotopic (exact) mass is 344 g/mol. The van der Waals surface area contributed by atoms with Crippen molar-refractivity contribution >= 4 is 5.97 Å². The van der Waals surface area contributed by atoms with E-state index in [4.69, 9.17) is 14.2 Å². The van der Waals surface area contributed by atoms with Crippen molar-refractivity contribution in [2.45, 2.75) is 13.0 Å². The Balaban J connectivity index is 1.68. The minimum atomic E-state index is -0.473. The number of hydrogen-bond donors (Lipinski definition) is 0. The van der Waals surface area contributed by atoms with E-state index in [0.29, 0.717) is 37.1 Å². The van der Waals surface area contributed by atoms with Gasteiger partial charge in [0, 0.05) is 0 Å². The Morgan fingerprint density at radius 1 is 1.08 bits per heavy atom. The summed E-state index contributed by atoms with van der Waals surface area (Å²) in [6, 6.07) is 16.1. The van der Waals surface area contributed by atoms with Crippen molar-refractivity contribution in [1.29, 1.82) is 0 Å². The van der Waals surface area contributed by atoms with E-state index in [1.54, 1.807) is 31.4 Å². The lowest BCUT2D eigenvalue weighted by atomic mass is 10.2. The molecule has 25 heavy (non-hydrogen) atoms. The van der Waals surface area contributed by atoms with Crippen LogP contribution >= 0.6 is 0 Å². The molecule has 0 fully saturated rings. The largest absolute Gasteiger partial charge is 0.497 e. The SMILES string of the molecule is COc1ccc(COCCC(=CF)COC(=O)c2ccccc2)cc1. The lowest BCUT2D eigenvalue weighted by Gasteiger charge is -2.09. The fraction of sp³-hybridized carbons (Fsp3) is 0.250. The van der Waals surface area contributed by atoms with Crippen molar-refractivity contribution in [3.63, 3.8) is 0 Å². The van der Waals surface area contributed by atoms with E-state index in [-0.39, 0.29) is 6.61 Å². The first kappa shape index (κ1) is 18.7. The molecule has 0 aliphatic carbocycles. The molecule has 0 aromatic heterocycles. The molecular weight excluding hydrogens is 323 g/mol. The molecule has 2 aromatic carbocycles. The average Bonchev–Trinajstić information content (AvgIpc) is 2.68. The maximum absolute atomic E-state index is 12.9. The van der Waals surface area contributed by atoms with Crippen molar-refractivity contribution in [3.05, 3.63) is 77.6 Å². The van der Waals surface area contributed by atoms with Gasteiger partial charge in [-0.1, -0.05) is 30.3 Å². The number of methoxy groups -OCH3 is 1. The predicted molar refractivity (Wildman–Crippen MR) is 93.2 cm³/mol. The second-order valence-electron chi connectivity index (χ2n) is 5.36. The third kappa shape index (κ3) is 6.39. The van der Waals surface area contributed by atoms with Crippen LogP contribution in [0.5, 0.6) is 5.75 Å². The molecule has 0 atom stereocenters. The first-order valence-corrected chi connectivity index (χ1v) is 7.94. The van der Waals surface area contributed by atoms with Gasteiger partial charge >= 0.3 is 5.97 Å². The number of rotatable bonds is 9. The van der Waals surface area contributed by atoms with Crippen LogP contribution in [-0.2, 0) is 16.1 Å². The Morgan fingerprint density at radius 2 is 1.80 bits per heavy atom. The lowest BCUT2D eigenvalue weighted by molar-refractivity contribution is 0.0528. The molecule has 0 bridgehead atoms. The quantitative estimate of drug-likeness (QED) is 0.502. The lowest BCUT2D eigenvalue weighted by Crippen LogP contribution is -2.09. The standard InChI is InChI=1S/C20H21FO4/c1-23-19-9-7-16(8-10-19)14-24-12-11-17(13-21)15-25-20(22)18-5-3-2-4-6-18/h2-10,13H,11-12,14-15H2,1H3. The number of halogens is 1. The maximum atomic E-state index is 12.9. The number of esters is 1. The highest BCUT2D eigenvalue weighted by molar-refractivity contribution is 5.89. The molecular formula is C20H21FO4. The fourth-order valence-electron chi connectivity index (χ4n) is 2.09. The number of hydrogen-bond acceptors (Lipinski definition) is 4. The number of ether oxygens (including phenoxy) is 3. The molecule has 0 radical (unpaired) electrons. The molecule has 5 heteroatoms. The van der Waals surface area contributed by atoms with Gasteiger partial charge in [-0.15, -0.1) is 0 Å². The van der Waals surface area contributed by atoms with Gasteiger partial charge in [0.25, 0.3) is 0 Å². The summed E-state index contributed by atoms with van der Waals surface area (Å²) in [7, 11) is 1.61. The number of carbonyl (C=O) groups excluding carboxylic acids is 1. The van der Waals surface area contributed by atoms with E-state index >= 15 is 0 Å². The average molecular weight is 344 g/mol. The summed E-state index contributed by atoms with van der Waals surface area (Å²) >= 11 is 0. The number of benzene rings is 2. The van der Waals surface area contributed by atoms with Gasteiger partial charge in [0.1, 0.15) is 12.4 Å². The van der Waals surface area contributed by atoms with E-state index in [9.17, 15) is 9.18 Å². The van der Waals surface area contributed by atoms with Crippen LogP contribution in [0.1, 0.15) is 22.3 Å². The molecule has 2 aromatic rings. The molecule has 0 N–H and O–H groups in total. The smallest absolute Gasteiger partial charge is 0.338 e. The van der Waals surface area contributed by atoms with Crippen LogP contribution in [0.3, 0.4) is 0 Å². The van der Waals surface area contributed by atoms with Crippen molar-refractivity contribution in [2.75, 3.05) is 20.3 Å². The summed E-state index contributed by atoms with van der Waals surface area (Å²) < 4.78 is 28.6. The Bertz CT molecular complexity index is 681. The van der Waals surface area contributed by atoms with E-state index in [1.807, 2.05) is 30.3 Å². The Labute approximate surface area is 146 Å². The van der Waals surface area contributed by atoms with Gasteiger partial charge in [0.05, 0.1) is 32.2 Å². The predicted octanol–water partition coefficient (Wildman–Crippen LogP) is 4.31. The molecule has 4 nitrogen and oxygen atoms in total. The maximum Gasteiger partial charge on any atom is 0.338 e. The van der Waals surface area contributed by atoms with E-state index in [0.717, 1.165) is 11.3 Å². The topological polar surface area (TPSA) is 44.8 Å². The van der Waals surface area contributed by atoms with Crippen LogP contribution < -0.4 is 4.74 Å². The molecule has 0 saturated carbocycles. The van der Waals surface area contributed by atoms with Gasteiger partial charge in [-0.25, -0.2) is 9.18 Å². The minimum absolute atomic E-state index is 0.0872. The highest BCUT2D eigenvalue weighted by atomic mass is 19.1. The van der Waals surface area contributed by atoms with E-state index in [1.165, 1.54) is 0 Å². The van der Waals surface area contributed by atoms with Crippen LogP contribution in [0, 0.1) is 0 Å². The summed E-state index contributed by atoms with van der Waals surface area (Å²) in [6.07, 6.45) is 0.823. The van der Waals surface area contributed by atoms with E-state index in [2.05, 4.69) is 0 Å². The van der Waals surface area contributed by atoms with Crippen LogP contribution in [-0.4, -0.2) is 26.3 Å². The number of carbonyl (C=O) groups is 1. The second kappa shape index (κ2) is 10.3. The normalized spacial score (nSPS) is 11.2. The van der Waals surface area contributed by atoms with Gasteiger partial charge in [0.15, 0.2) is 0 Å². The second-order valence-corrected chi connectivity index (χ2v) is 5.36. The third-order valence-corrected chi connectivity index (χ3v) is 3.55. The summed E-state index contributed by atoms with van der Waals surface area (Å²) in [4.78, 5) is 11.8. The van der Waals surface area contributed by atoms with Crippen LogP contribution in [0.4, 0.5) is 4.39 Å². The molecule has 0 saturated heterocycles. The third-order valence-electron chi connectivity index (χ3n) is 3.55. The molecule has 2 rings (SSSR count). The van der Waals surface area contributed by atoms with Crippen molar-refractivity contribution in [2.24, 2.45) is 0 Å². The molecule has 0 spiro atoms. The first-order valence-electron chi connectivity index (χ1n) is 7.94. The first-order chi connectivity index (χ1) is 12.2. The molecule has 0 heterocycles. The highest BCUT2D eigenvalue weighted by Gasteiger charge is 2.08. The zero-order chi connectivity index (χ0) is 17.9. The summed E-state index contributed by atoms with van der Waals surface area (Å²) in [5.74, 6) is 0.311. The molecule has 0 aliphatic heterocycles. The molecule has 0 unspecified atom stereocenters. The van der Waals surface area contributed by atoms with Gasteiger partial charge in [-0.05, 0) is 41.8 Å². The van der Waals surface area contributed by atoms with Gasteiger partial charge in [-0.3, -0.25) is 0 Å². The van der Waals surface area contributed by atoms with Gasteiger partial charge in [-0.2, -0.15) is 0 Å². The fourth-order valence-corrected chi connectivity index (χ4v) is 2.09. The Kier molecular flexibility index (Phi) is 7.66. The molecule has 0 aliphatic rings. The van der Waals surface area contributed by atoms with Crippen molar-refractivity contribution in [1.82, 2.24) is 0 Å². The van der Waals surface area contributed by atoms with Crippen LogP contribution in [0.25, 0.3) is 0 Å². The Hall–Kier alpha value is -2.66. The summed E-state index contributed by atoms with van der Waals surface area (Å²) in [5.41, 5.74) is 1.82. The van der Waals surface area contributed by atoms with Gasteiger partial charge in [0.2, 0.25) is 0 Å². The van der Waals surface area contributed by atoms with Crippen molar-refractivity contribution < 1.29 is 23.4 Å². The Morgan fingerprint density at radius 3 is 2.44 bits per heavy atom. The summed E-state index contributed by atoms with van der Waals surface area (Å²) in [6.45, 7) is 0.675. The van der Waals surface area contributed by atoms with Crippen LogP contribution in [0.15, 0.2) is 66.5 Å². The zero-order valence-corrected chi connectivity index (χ0v) is 14.1. The molecule has 0 amide bonds. The minimum Gasteiger partial charge on any atom is -0.497 e. The van der Waals surface area contributed by atoms with Crippen LogP contribution in [0.2, 0.25) is 0 Å².